The van der Waals surface area contributed by atoms with Crippen molar-refractivity contribution in [1.29, 1.82) is 0 Å². The van der Waals surface area contributed by atoms with Crippen LogP contribution < -0.4 is 0 Å². The van der Waals surface area contributed by atoms with E-state index in [1.165, 1.54) is 141 Å². The lowest BCUT2D eigenvalue weighted by molar-refractivity contribution is 0.159. The van der Waals surface area contributed by atoms with E-state index < -0.39 is 0 Å². The maximum atomic E-state index is 2.58. The van der Waals surface area contributed by atoms with Crippen molar-refractivity contribution in [3.63, 3.8) is 0 Å². The summed E-state index contributed by atoms with van der Waals surface area (Å²) < 4.78 is 0. The molecular weight excluding hydrogens is 364 g/mol. The average molecular weight is 421 g/mol. The molecule has 0 N–H and O–H groups in total. The van der Waals surface area contributed by atoms with Gasteiger partial charge in [-0.25, -0.2) is 0 Å². The second-order valence-corrected chi connectivity index (χ2v) is 9.83. The Labute approximate surface area is 190 Å². The van der Waals surface area contributed by atoms with Crippen LogP contribution in [0.4, 0.5) is 0 Å². The fourth-order valence-corrected chi connectivity index (χ4v) is 4.81. The summed E-state index contributed by atoms with van der Waals surface area (Å²) in [4.78, 5) is 4.99. The zero-order valence-corrected chi connectivity index (χ0v) is 21.2. The smallest absolute Gasteiger partial charge is 0.100 e. The first-order valence-electron chi connectivity index (χ1n) is 14.0. The molecule has 1 aliphatic heterocycles. The van der Waals surface area contributed by atoms with Crippen LogP contribution in [0.1, 0.15) is 149 Å². The monoisotopic (exact) mass is 420 g/mol. The Morgan fingerprint density at radius 2 is 0.900 bits per heavy atom. The second-order valence-electron chi connectivity index (χ2n) is 9.83. The summed E-state index contributed by atoms with van der Waals surface area (Å²) in [5, 5.41) is 0. The van der Waals surface area contributed by atoms with E-state index in [-0.39, 0.29) is 0 Å². The fourth-order valence-electron chi connectivity index (χ4n) is 4.81. The highest BCUT2D eigenvalue weighted by atomic mass is 15.4. The summed E-state index contributed by atoms with van der Waals surface area (Å²) in [7, 11) is 2.24. The predicted molar refractivity (Wildman–Crippen MR) is 136 cm³/mol. The van der Waals surface area contributed by atoms with Crippen LogP contribution in [-0.2, 0) is 0 Å². The number of hydrogen-bond acceptors (Lipinski definition) is 2. The largest absolute Gasteiger partial charge is 0.359 e. The van der Waals surface area contributed by atoms with E-state index in [9.17, 15) is 0 Å². The van der Waals surface area contributed by atoms with Crippen molar-refractivity contribution in [2.24, 2.45) is 0 Å². The molecule has 1 atom stereocenters. The third kappa shape index (κ3) is 14.4. The van der Waals surface area contributed by atoms with Gasteiger partial charge in [-0.3, -0.25) is 0 Å². The maximum Gasteiger partial charge on any atom is 0.100 e. The number of rotatable bonds is 22. The van der Waals surface area contributed by atoms with Gasteiger partial charge in [-0.2, -0.15) is 0 Å². The molecule has 0 fully saturated rings. The van der Waals surface area contributed by atoms with Crippen molar-refractivity contribution in [3.05, 3.63) is 12.4 Å². The summed E-state index contributed by atoms with van der Waals surface area (Å²) in [6.45, 7) is 5.85. The molecule has 2 nitrogen and oxygen atoms in total. The first-order valence-corrected chi connectivity index (χ1v) is 14.0. The van der Waals surface area contributed by atoms with E-state index in [1.54, 1.807) is 0 Å². The Hall–Kier alpha value is -0.660. The van der Waals surface area contributed by atoms with Gasteiger partial charge in [0.05, 0.1) is 0 Å². The lowest BCUT2D eigenvalue weighted by atomic mass is 10.0. The molecule has 0 aromatic heterocycles. The lowest BCUT2D eigenvalue weighted by Gasteiger charge is -2.30. The van der Waals surface area contributed by atoms with Crippen molar-refractivity contribution in [2.45, 2.75) is 155 Å². The molecule has 0 saturated heterocycles. The summed E-state index contributed by atoms with van der Waals surface area (Å²) in [6, 6.07) is 0. The minimum atomic E-state index is 0.623. The van der Waals surface area contributed by atoms with Crippen LogP contribution in [0, 0.1) is 0 Å². The van der Waals surface area contributed by atoms with E-state index in [2.05, 4.69) is 43.1 Å². The van der Waals surface area contributed by atoms with E-state index >= 15 is 0 Å². The van der Waals surface area contributed by atoms with Gasteiger partial charge >= 0.3 is 0 Å². The molecule has 0 amide bonds. The second kappa shape index (κ2) is 20.3. The van der Waals surface area contributed by atoms with E-state index in [0.29, 0.717) is 6.17 Å². The molecule has 0 aliphatic carbocycles. The molecule has 0 radical (unpaired) electrons. The molecular formula is C28H56N2. The first kappa shape index (κ1) is 27.4. The van der Waals surface area contributed by atoms with Crippen LogP contribution in [-0.4, -0.2) is 29.6 Å². The Morgan fingerprint density at radius 3 is 1.37 bits per heavy atom. The highest BCUT2D eigenvalue weighted by Crippen LogP contribution is 2.21. The molecule has 1 unspecified atom stereocenters. The molecule has 0 spiro atoms. The average Bonchev–Trinajstić information content (AvgIpc) is 3.10. The van der Waals surface area contributed by atoms with Gasteiger partial charge in [-0.15, -0.1) is 0 Å². The number of nitrogens with zero attached hydrogens (tertiary/aromatic N) is 2. The van der Waals surface area contributed by atoms with Crippen LogP contribution in [0.15, 0.2) is 12.4 Å². The summed E-state index contributed by atoms with van der Waals surface area (Å²) in [6.07, 6.45) is 35.3. The Kier molecular flexibility index (Phi) is 18.5. The summed E-state index contributed by atoms with van der Waals surface area (Å²) in [5.74, 6) is 0. The lowest BCUT2D eigenvalue weighted by Crippen LogP contribution is -2.36. The maximum absolute atomic E-state index is 2.58. The molecule has 1 rings (SSSR count). The van der Waals surface area contributed by atoms with Crippen molar-refractivity contribution < 1.29 is 0 Å². The molecule has 0 saturated carbocycles. The number of unbranched alkanes of at least 4 members (excludes halogenated alkanes) is 18. The highest BCUT2D eigenvalue weighted by molar-refractivity contribution is 4.95. The molecule has 0 bridgehead atoms. The molecule has 0 aromatic carbocycles. The predicted octanol–water partition coefficient (Wildman–Crippen LogP) is 9.26. The van der Waals surface area contributed by atoms with Crippen LogP contribution in [0.5, 0.6) is 0 Å². The van der Waals surface area contributed by atoms with E-state index in [4.69, 9.17) is 0 Å². The van der Waals surface area contributed by atoms with Gasteiger partial charge in [0.25, 0.3) is 0 Å². The van der Waals surface area contributed by atoms with E-state index in [0.717, 1.165) is 0 Å². The molecule has 2 heteroatoms. The van der Waals surface area contributed by atoms with Crippen LogP contribution in [0.3, 0.4) is 0 Å². The van der Waals surface area contributed by atoms with Gasteiger partial charge in [0.1, 0.15) is 6.17 Å². The normalized spacial score (nSPS) is 16.2. The van der Waals surface area contributed by atoms with Crippen molar-refractivity contribution in [1.82, 2.24) is 9.80 Å². The van der Waals surface area contributed by atoms with Crippen molar-refractivity contribution >= 4 is 0 Å². The van der Waals surface area contributed by atoms with Crippen LogP contribution in [0.25, 0.3) is 0 Å². The van der Waals surface area contributed by atoms with Crippen molar-refractivity contribution in [3.8, 4) is 0 Å². The molecule has 1 aliphatic rings. The Morgan fingerprint density at radius 1 is 0.500 bits per heavy atom. The Balaban J connectivity index is 1.82. The topological polar surface area (TPSA) is 6.48 Å². The molecule has 30 heavy (non-hydrogen) atoms. The van der Waals surface area contributed by atoms with Gasteiger partial charge in [-0.05, 0) is 19.3 Å². The third-order valence-electron chi connectivity index (χ3n) is 6.93. The van der Waals surface area contributed by atoms with Crippen LogP contribution >= 0.6 is 0 Å². The first-order chi connectivity index (χ1) is 14.8. The van der Waals surface area contributed by atoms with Gasteiger partial charge in [0.15, 0.2) is 0 Å². The minimum Gasteiger partial charge on any atom is -0.359 e. The van der Waals surface area contributed by atoms with Gasteiger partial charge in [0.2, 0.25) is 0 Å². The molecule has 1 heterocycles. The molecule has 178 valence electrons. The third-order valence-corrected chi connectivity index (χ3v) is 6.93. The zero-order valence-electron chi connectivity index (χ0n) is 21.2. The minimum absolute atomic E-state index is 0.623. The van der Waals surface area contributed by atoms with Crippen LogP contribution in [0.2, 0.25) is 0 Å². The molecule has 0 aromatic rings. The van der Waals surface area contributed by atoms with Gasteiger partial charge < -0.3 is 9.80 Å². The Bertz CT molecular complexity index is 379. The quantitative estimate of drug-likeness (QED) is 0.161. The van der Waals surface area contributed by atoms with Gasteiger partial charge in [0, 0.05) is 26.0 Å². The highest BCUT2D eigenvalue weighted by Gasteiger charge is 2.22. The SMILES string of the molecule is CCCCCCCCCCCCCCCCCCCN1C=CN(C)C1CCCCC. The zero-order chi connectivity index (χ0) is 21.7. The summed E-state index contributed by atoms with van der Waals surface area (Å²) >= 11 is 0. The van der Waals surface area contributed by atoms with E-state index in [1.807, 2.05) is 0 Å². The van der Waals surface area contributed by atoms with Gasteiger partial charge in [-0.1, -0.05) is 129 Å². The standard InChI is InChI=1S/C28H56N2/c1-4-6-8-9-10-11-12-13-14-15-16-17-18-19-20-21-23-25-30-27-26-29(3)28(30)24-22-7-5-2/h26-28H,4-25H2,1-3H3. The summed E-state index contributed by atoms with van der Waals surface area (Å²) in [5.41, 5.74) is 0. The van der Waals surface area contributed by atoms with Crippen molar-refractivity contribution in [2.75, 3.05) is 13.6 Å². The fraction of sp³-hybridized carbons (Fsp3) is 0.929. The number of hydrogen-bond donors (Lipinski definition) is 0.